The van der Waals surface area contributed by atoms with Gasteiger partial charge in [0.15, 0.2) is 0 Å². The van der Waals surface area contributed by atoms with E-state index in [0.29, 0.717) is 17.8 Å². The first-order valence-corrected chi connectivity index (χ1v) is 10.1. The third-order valence-electron chi connectivity index (χ3n) is 4.38. The van der Waals surface area contributed by atoms with Crippen molar-refractivity contribution in [2.24, 2.45) is 0 Å². The van der Waals surface area contributed by atoms with Gasteiger partial charge in [0.25, 0.3) is 0 Å². The summed E-state index contributed by atoms with van der Waals surface area (Å²) in [4.78, 5) is 14.4. The van der Waals surface area contributed by atoms with Crippen molar-refractivity contribution in [1.82, 2.24) is 0 Å². The van der Waals surface area contributed by atoms with E-state index in [1.807, 2.05) is 30.3 Å². The highest BCUT2D eigenvalue weighted by atomic mass is 32.2. The molecule has 1 amide bonds. The number of carbonyl (C=O) groups excluding carboxylic acids is 1. The molecule has 0 N–H and O–H groups in total. The Kier molecular flexibility index (Phi) is 4.96. The number of benzene rings is 2. The molecule has 0 aliphatic carbocycles. The van der Waals surface area contributed by atoms with Crippen LogP contribution in [0.15, 0.2) is 48.5 Å². The number of amides is 1. The molecule has 6 nitrogen and oxygen atoms in total. The first-order valence-electron chi connectivity index (χ1n) is 8.26. The normalized spacial score (nSPS) is 13.2. The van der Waals surface area contributed by atoms with Crippen LogP contribution in [-0.2, 0) is 21.2 Å². The summed E-state index contributed by atoms with van der Waals surface area (Å²) < 4.78 is 25.5. The van der Waals surface area contributed by atoms with Crippen LogP contribution in [0.25, 0.3) is 0 Å². The fourth-order valence-electron chi connectivity index (χ4n) is 3.15. The molecular formula is C19H19N3O3S. The maximum Gasteiger partial charge on any atom is 0.232 e. The van der Waals surface area contributed by atoms with Crippen molar-refractivity contribution in [2.75, 3.05) is 28.6 Å². The van der Waals surface area contributed by atoms with Gasteiger partial charge >= 0.3 is 0 Å². The number of rotatable bonds is 5. The Bertz CT molecular complexity index is 980. The van der Waals surface area contributed by atoms with Crippen LogP contribution in [0, 0.1) is 11.3 Å². The van der Waals surface area contributed by atoms with Crippen molar-refractivity contribution in [3.63, 3.8) is 0 Å². The zero-order valence-electron chi connectivity index (χ0n) is 14.4. The highest BCUT2D eigenvalue weighted by Gasteiger charge is 2.26. The van der Waals surface area contributed by atoms with Gasteiger partial charge in [-0.1, -0.05) is 24.3 Å². The van der Waals surface area contributed by atoms with E-state index in [4.69, 9.17) is 5.26 Å². The number of carbonyl (C=O) groups is 1. The second-order valence-electron chi connectivity index (χ2n) is 6.17. The van der Waals surface area contributed by atoms with Crippen molar-refractivity contribution in [3.05, 3.63) is 59.7 Å². The van der Waals surface area contributed by atoms with Gasteiger partial charge in [-0.05, 0) is 36.2 Å². The van der Waals surface area contributed by atoms with Gasteiger partial charge < -0.3 is 4.90 Å². The van der Waals surface area contributed by atoms with E-state index in [1.54, 1.807) is 23.1 Å². The monoisotopic (exact) mass is 369 g/mol. The fraction of sp³-hybridized carbons (Fsp3) is 0.263. The minimum Gasteiger partial charge on any atom is -0.312 e. The quantitative estimate of drug-likeness (QED) is 0.810. The molecule has 0 bridgehead atoms. The Morgan fingerprint density at radius 1 is 1.23 bits per heavy atom. The number of nitriles is 1. The molecule has 0 spiro atoms. The molecule has 0 radical (unpaired) electrons. The Hall–Kier alpha value is -2.85. The lowest BCUT2D eigenvalue weighted by Crippen LogP contribution is -2.36. The molecule has 2 aromatic carbocycles. The SMILES string of the molecule is CS(=O)(=O)N(CCC(=O)N1CCc2ccccc21)c1cccc(C#N)c1. The summed E-state index contributed by atoms with van der Waals surface area (Å²) in [5.41, 5.74) is 2.79. The van der Waals surface area contributed by atoms with Gasteiger partial charge in [-0.2, -0.15) is 5.26 Å². The van der Waals surface area contributed by atoms with Crippen molar-refractivity contribution < 1.29 is 13.2 Å². The number of para-hydroxylation sites is 1. The Labute approximate surface area is 153 Å². The summed E-state index contributed by atoms with van der Waals surface area (Å²) >= 11 is 0. The molecule has 134 valence electrons. The highest BCUT2D eigenvalue weighted by Crippen LogP contribution is 2.28. The van der Waals surface area contributed by atoms with Crippen LogP contribution in [0.3, 0.4) is 0 Å². The van der Waals surface area contributed by atoms with E-state index in [2.05, 4.69) is 0 Å². The maximum atomic E-state index is 12.6. The molecule has 0 atom stereocenters. The largest absolute Gasteiger partial charge is 0.312 e. The van der Waals surface area contributed by atoms with Crippen LogP contribution in [-0.4, -0.2) is 33.7 Å². The molecule has 0 saturated heterocycles. The van der Waals surface area contributed by atoms with Gasteiger partial charge in [-0.3, -0.25) is 9.10 Å². The van der Waals surface area contributed by atoms with Gasteiger partial charge in [0.1, 0.15) is 0 Å². The van der Waals surface area contributed by atoms with E-state index in [1.165, 1.54) is 10.4 Å². The second kappa shape index (κ2) is 7.18. The summed E-state index contributed by atoms with van der Waals surface area (Å²) in [7, 11) is -3.57. The Balaban J connectivity index is 1.77. The lowest BCUT2D eigenvalue weighted by atomic mass is 10.2. The molecule has 1 aliphatic rings. The van der Waals surface area contributed by atoms with Gasteiger partial charge in [0, 0.05) is 25.2 Å². The zero-order valence-corrected chi connectivity index (χ0v) is 15.2. The van der Waals surface area contributed by atoms with Crippen LogP contribution in [0.2, 0.25) is 0 Å². The number of nitrogens with zero attached hydrogens (tertiary/aromatic N) is 3. The lowest BCUT2D eigenvalue weighted by molar-refractivity contribution is -0.118. The minimum atomic E-state index is -3.57. The van der Waals surface area contributed by atoms with Crippen LogP contribution in [0.4, 0.5) is 11.4 Å². The number of anilines is 2. The van der Waals surface area contributed by atoms with E-state index in [-0.39, 0.29) is 18.9 Å². The van der Waals surface area contributed by atoms with Crippen LogP contribution < -0.4 is 9.21 Å². The highest BCUT2D eigenvalue weighted by molar-refractivity contribution is 7.92. The van der Waals surface area contributed by atoms with Gasteiger partial charge in [-0.15, -0.1) is 0 Å². The summed E-state index contributed by atoms with van der Waals surface area (Å²) in [5.74, 6) is -0.111. The summed E-state index contributed by atoms with van der Waals surface area (Å²) in [6.07, 6.45) is 1.97. The van der Waals surface area contributed by atoms with E-state index in [9.17, 15) is 13.2 Å². The summed E-state index contributed by atoms with van der Waals surface area (Å²) in [5, 5.41) is 9.02. The number of sulfonamides is 1. The average molecular weight is 369 g/mol. The molecule has 7 heteroatoms. The van der Waals surface area contributed by atoms with Crippen LogP contribution in [0.5, 0.6) is 0 Å². The third kappa shape index (κ3) is 3.70. The second-order valence-corrected chi connectivity index (χ2v) is 8.08. The molecule has 0 saturated carbocycles. The lowest BCUT2D eigenvalue weighted by Gasteiger charge is -2.24. The van der Waals surface area contributed by atoms with Crippen LogP contribution in [0.1, 0.15) is 17.5 Å². The van der Waals surface area contributed by atoms with Crippen LogP contribution >= 0.6 is 0 Å². The molecule has 26 heavy (non-hydrogen) atoms. The van der Waals surface area contributed by atoms with Crippen molar-refractivity contribution in [1.29, 1.82) is 5.26 Å². The fourth-order valence-corrected chi connectivity index (χ4v) is 4.07. The number of hydrogen-bond acceptors (Lipinski definition) is 4. The average Bonchev–Trinajstić information content (AvgIpc) is 3.05. The van der Waals surface area contributed by atoms with Gasteiger partial charge in [0.2, 0.25) is 15.9 Å². The minimum absolute atomic E-state index is 0.0330. The number of fused-ring (bicyclic) bond motifs is 1. The molecule has 2 aromatic rings. The molecular weight excluding hydrogens is 350 g/mol. The van der Waals surface area contributed by atoms with E-state index >= 15 is 0 Å². The summed E-state index contributed by atoms with van der Waals surface area (Å²) in [6.45, 7) is 0.645. The van der Waals surface area contributed by atoms with Crippen molar-refractivity contribution in [2.45, 2.75) is 12.8 Å². The van der Waals surface area contributed by atoms with Gasteiger partial charge in [0.05, 0.1) is 23.6 Å². The summed E-state index contributed by atoms with van der Waals surface area (Å²) in [6, 6.07) is 16.1. The van der Waals surface area contributed by atoms with Crippen molar-refractivity contribution >= 4 is 27.3 Å². The molecule has 1 heterocycles. The first kappa shape index (κ1) is 18.0. The smallest absolute Gasteiger partial charge is 0.232 e. The zero-order chi connectivity index (χ0) is 18.7. The van der Waals surface area contributed by atoms with E-state index < -0.39 is 10.0 Å². The molecule has 3 rings (SSSR count). The Morgan fingerprint density at radius 2 is 2.00 bits per heavy atom. The number of hydrogen-bond donors (Lipinski definition) is 0. The molecule has 0 fully saturated rings. The molecule has 1 aliphatic heterocycles. The predicted molar refractivity (Wildman–Crippen MR) is 100 cm³/mol. The third-order valence-corrected chi connectivity index (χ3v) is 5.57. The van der Waals surface area contributed by atoms with Gasteiger partial charge in [-0.25, -0.2) is 8.42 Å². The maximum absolute atomic E-state index is 12.6. The molecule has 0 unspecified atom stereocenters. The van der Waals surface area contributed by atoms with Crippen molar-refractivity contribution in [3.8, 4) is 6.07 Å². The van der Waals surface area contributed by atoms with E-state index in [0.717, 1.165) is 23.9 Å². The molecule has 0 aromatic heterocycles. The topological polar surface area (TPSA) is 81.5 Å². The Morgan fingerprint density at radius 3 is 2.73 bits per heavy atom. The predicted octanol–water partition coefficient (Wildman–Crippen LogP) is 2.30. The first-order chi connectivity index (χ1) is 12.4. The standard InChI is InChI=1S/C19H19N3O3S/c1-26(24,25)22(17-7-4-5-15(13-17)14-20)12-10-19(23)21-11-9-16-6-2-3-8-18(16)21/h2-8,13H,9-12H2,1H3.